The van der Waals surface area contributed by atoms with E-state index in [1.807, 2.05) is 0 Å². The predicted molar refractivity (Wildman–Crippen MR) is 83.3 cm³/mol. The molecule has 2 rings (SSSR count). The summed E-state index contributed by atoms with van der Waals surface area (Å²) in [6, 6.07) is 1.71. The molecule has 2 aromatic rings. The number of hydrogen-bond acceptors (Lipinski definition) is 6. The monoisotopic (exact) mass is 346 g/mol. The molecule has 112 valence electrons. The number of hydrogen-bond donors (Lipinski definition) is 2. The van der Waals surface area contributed by atoms with Gasteiger partial charge >= 0.3 is 0 Å². The molecule has 0 aliphatic heterocycles. The summed E-state index contributed by atoms with van der Waals surface area (Å²) in [7, 11) is 0. The minimum absolute atomic E-state index is 0.0366. The number of rotatable bonds is 5. The molecule has 0 saturated carbocycles. The summed E-state index contributed by atoms with van der Waals surface area (Å²) >= 11 is 13.0. The lowest BCUT2D eigenvalue weighted by Gasteiger charge is -2.06. The molecule has 0 unspecified atom stereocenters. The molecule has 0 amide bonds. The van der Waals surface area contributed by atoms with Crippen LogP contribution >= 0.6 is 34.5 Å². The van der Waals surface area contributed by atoms with Crippen molar-refractivity contribution in [2.24, 2.45) is 5.16 Å². The highest BCUT2D eigenvalue weighted by molar-refractivity contribution is 7.20. The third kappa shape index (κ3) is 3.85. The van der Waals surface area contributed by atoms with Gasteiger partial charge in [-0.3, -0.25) is 4.98 Å². The Kier molecular flexibility index (Phi) is 5.41. The molecule has 0 fully saturated rings. The lowest BCUT2D eigenvalue weighted by molar-refractivity contribution is 0.132. The van der Waals surface area contributed by atoms with Crippen molar-refractivity contribution in [1.29, 1.82) is 0 Å². The Balaban J connectivity index is 2.08. The van der Waals surface area contributed by atoms with Gasteiger partial charge in [-0.1, -0.05) is 28.4 Å². The van der Waals surface area contributed by atoms with Crippen LogP contribution in [0, 0.1) is 6.92 Å². The average Bonchev–Trinajstić information content (AvgIpc) is 2.77. The minimum atomic E-state index is -0.256. The van der Waals surface area contributed by atoms with E-state index in [0.29, 0.717) is 25.5 Å². The van der Waals surface area contributed by atoms with Gasteiger partial charge in [0.15, 0.2) is 0 Å². The standard InChI is InChI=1S/C13H12Cl2N2O3S/c1-7-12(19)10(9(5-18)3-16-7)4-17-20-6-8-2-11(14)21-13(8)15/h2-4,18-19H,5-6H2,1H3/b17-4-. The van der Waals surface area contributed by atoms with E-state index in [9.17, 15) is 10.2 Å². The second-order valence-corrected chi connectivity index (χ2v) is 6.43. The number of aliphatic hydroxyl groups is 1. The van der Waals surface area contributed by atoms with E-state index in [-0.39, 0.29) is 19.0 Å². The van der Waals surface area contributed by atoms with Crippen molar-refractivity contribution in [3.8, 4) is 5.75 Å². The van der Waals surface area contributed by atoms with Gasteiger partial charge < -0.3 is 15.1 Å². The summed E-state index contributed by atoms with van der Waals surface area (Å²) in [4.78, 5) is 9.09. The number of pyridine rings is 1. The fourth-order valence-electron chi connectivity index (χ4n) is 1.59. The number of halogens is 2. The van der Waals surface area contributed by atoms with Crippen LogP contribution in [0.1, 0.15) is 22.4 Å². The summed E-state index contributed by atoms with van der Waals surface area (Å²) in [5.41, 5.74) is 2.02. The van der Waals surface area contributed by atoms with Crippen molar-refractivity contribution in [2.75, 3.05) is 0 Å². The number of aliphatic hydroxyl groups excluding tert-OH is 1. The van der Waals surface area contributed by atoms with Gasteiger partial charge in [-0.2, -0.15) is 0 Å². The molecule has 0 saturated heterocycles. The highest BCUT2D eigenvalue weighted by Crippen LogP contribution is 2.31. The lowest BCUT2D eigenvalue weighted by Crippen LogP contribution is -1.98. The Morgan fingerprint density at radius 2 is 2.19 bits per heavy atom. The summed E-state index contributed by atoms with van der Waals surface area (Å²) in [5.74, 6) is -0.0366. The molecule has 5 nitrogen and oxygen atoms in total. The molecule has 0 spiro atoms. The first kappa shape index (κ1) is 16.0. The van der Waals surface area contributed by atoms with Crippen molar-refractivity contribution < 1.29 is 15.1 Å². The van der Waals surface area contributed by atoms with Crippen LogP contribution in [0.25, 0.3) is 0 Å². The van der Waals surface area contributed by atoms with E-state index < -0.39 is 0 Å². The summed E-state index contributed by atoms with van der Waals surface area (Å²) < 4.78 is 1.13. The Bertz CT molecular complexity index is 674. The van der Waals surface area contributed by atoms with Gasteiger partial charge in [0, 0.05) is 22.9 Å². The van der Waals surface area contributed by atoms with Gasteiger partial charge in [0.05, 0.1) is 22.9 Å². The predicted octanol–water partition coefficient (Wildman–Crippen LogP) is 3.51. The Morgan fingerprint density at radius 3 is 2.81 bits per heavy atom. The van der Waals surface area contributed by atoms with Crippen molar-refractivity contribution in [2.45, 2.75) is 20.1 Å². The molecule has 2 N–H and O–H groups in total. The second kappa shape index (κ2) is 7.09. The van der Waals surface area contributed by atoms with Crippen LogP contribution in [-0.2, 0) is 18.1 Å². The number of aromatic nitrogens is 1. The fourth-order valence-corrected chi connectivity index (χ4v) is 3.05. The summed E-state index contributed by atoms with van der Waals surface area (Å²) in [6.45, 7) is 1.56. The Hall–Kier alpha value is -1.34. The third-order valence-corrected chi connectivity index (χ3v) is 4.30. The molecule has 0 aliphatic rings. The maximum absolute atomic E-state index is 9.92. The molecule has 0 bridgehead atoms. The summed E-state index contributed by atoms with van der Waals surface area (Å²) in [6.07, 6.45) is 2.81. The van der Waals surface area contributed by atoms with Crippen LogP contribution in [0.15, 0.2) is 17.4 Å². The van der Waals surface area contributed by atoms with Crippen LogP contribution in [-0.4, -0.2) is 21.4 Å². The Labute approximate surface area is 135 Å². The minimum Gasteiger partial charge on any atom is -0.505 e. The van der Waals surface area contributed by atoms with Gasteiger partial charge in [0.25, 0.3) is 0 Å². The molecule has 0 radical (unpaired) electrons. The Morgan fingerprint density at radius 1 is 1.43 bits per heavy atom. The second-order valence-electron chi connectivity index (χ2n) is 4.15. The molecule has 0 atom stereocenters. The largest absolute Gasteiger partial charge is 0.505 e. The first-order valence-corrected chi connectivity index (χ1v) is 7.47. The molecular formula is C13H12Cl2N2O3S. The van der Waals surface area contributed by atoms with Crippen LogP contribution in [0.5, 0.6) is 5.75 Å². The zero-order valence-corrected chi connectivity index (χ0v) is 13.3. The third-order valence-electron chi connectivity index (χ3n) is 2.73. The van der Waals surface area contributed by atoms with E-state index in [0.717, 1.165) is 5.56 Å². The molecule has 0 aliphatic carbocycles. The van der Waals surface area contributed by atoms with E-state index in [1.54, 1.807) is 13.0 Å². The molecule has 2 aromatic heterocycles. The van der Waals surface area contributed by atoms with Crippen LogP contribution in [0.3, 0.4) is 0 Å². The first-order valence-electron chi connectivity index (χ1n) is 5.90. The normalized spacial score (nSPS) is 11.2. The number of aromatic hydroxyl groups is 1. The van der Waals surface area contributed by atoms with Gasteiger partial charge in [-0.25, -0.2) is 0 Å². The molecule has 0 aromatic carbocycles. The number of aryl methyl sites for hydroxylation is 1. The van der Waals surface area contributed by atoms with Crippen molar-refractivity contribution >= 4 is 40.8 Å². The topological polar surface area (TPSA) is 74.9 Å². The zero-order chi connectivity index (χ0) is 15.4. The zero-order valence-electron chi connectivity index (χ0n) is 11.0. The summed E-state index contributed by atoms with van der Waals surface area (Å²) in [5, 5.41) is 22.9. The average molecular weight is 347 g/mol. The van der Waals surface area contributed by atoms with E-state index in [2.05, 4.69) is 10.1 Å². The van der Waals surface area contributed by atoms with E-state index >= 15 is 0 Å². The molecular weight excluding hydrogens is 335 g/mol. The SMILES string of the molecule is Cc1ncc(CO)c(/C=N\OCc2cc(Cl)sc2Cl)c1O. The van der Waals surface area contributed by atoms with Crippen LogP contribution < -0.4 is 0 Å². The van der Waals surface area contributed by atoms with Crippen molar-refractivity contribution in [1.82, 2.24) is 4.98 Å². The number of nitrogens with zero attached hydrogens (tertiary/aromatic N) is 2. The quantitative estimate of drug-likeness (QED) is 0.641. The maximum atomic E-state index is 9.92. The van der Waals surface area contributed by atoms with Crippen LogP contribution in [0.4, 0.5) is 0 Å². The fraction of sp³-hybridized carbons (Fsp3) is 0.231. The van der Waals surface area contributed by atoms with Crippen LogP contribution in [0.2, 0.25) is 8.67 Å². The first-order chi connectivity index (χ1) is 10.0. The molecule has 21 heavy (non-hydrogen) atoms. The highest BCUT2D eigenvalue weighted by Gasteiger charge is 2.10. The van der Waals surface area contributed by atoms with Crippen molar-refractivity contribution in [3.63, 3.8) is 0 Å². The number of thiophene rings is 1. The van der Waals surface area contributed by atoms with Gasteiger partial charge in [-0.05, 0) is 13.0 Å². The lowest BCUT2D eigenvalue weighted by atomic mass is 10.1. The van der Waals surface area contributed by atoms with Gasteiger partial charge in [-0.15, -0.1) is 11.3 Å². The van der Waals surface area contributed by atoms with Gasteiger partial charge in [0.1, 0.15) is 16.7 Å². The van der Waals surface area contributed by atoms with Gasteiger partial charge in [0.2, 0.25) is 0 Å². The van der Waals surface area contributed by atoms with Crippen molar-refractivity contribution in [3.05, 3.63) is 43.3 Å². The molecule has 2 heterocycles. The number of oxime groups is 1. The van der Waals surface area contributed by atoms with E-state index in [1.165, 1.54) is 23.7 Å². The molecule has 8 heteroatoms. The van der Waals surface area contributed by atoms with E-state index in [4.69, 9.17) is 28.0 Å². The highest BCUT2D eigenvalue weighted by atomic mass is 35.5. The smallest absolute Gasteiger partial charge is 0.146 e. The maximum Gasteiger partial charge on any atom is 0.146 e.